The van der Waals surface area contributed by atoms with E-state index in [-0.39, 0.29) is 0 Å². The summed E-state index contributed by atoms with van der Waals surface area (Å²) in [7, 11) is 0. The van der Waals surface area contributed by atoms with Crippen molar-refractivity contribution in [2.75, 3.05) is 0 Å². The molecule has 0 aliphatic heterocycles. The Morgan fingerprint density at radius 1 is 0.947 bits per heavy atom. The van der Waals surface area contributed by atoms with E-state index in [1.807, 2.05) is 10.9 Å². The van der Waals surface area contributed by atoms with Crippen LogP contribution in [0.4, 0.5) is 0 Å². The van der Waals surface area contributed by atoms with E-state index in [0.717, 1.165) is 17.6 Å². The predicted octanol–water partition coefficient (Wildman–Crippen LogP) is 5.09. The van der Waals surface area contributed by atoms with Crippen molar-refractivity contribution in [3.05, 3.63) is 11.9 Å². The molecule has 0 fully saturated rings. The summed E-state index contributed by atoms with van der Waals surface area (Å²) in [6.07, 6.45) is 15.8. The zero-order valence-electron chi connectivity index (χ0n) is 12.3. The van der Waals surface area contributed by atoms with Crippen LogP contribution in [0, 0.1) is 0 Å². The Bertz CT molecular complexity index is 312. The smallest absolute Gasteiger partial charge is 0.0932 e. The molecule has 0 saturated carbocycles. The fraction of sp³-hybridized carbons (Fsp3) is 0.867. The Kier molecular flexibility index (Phi) is 10.0. The Morgan fingerprint density at radius 3 is 2.05 bits per heavy atom. The molecule has 0 spiro atoms. The number of aryl methyl sites for hydroxylation is 1. The molecule has 0 saturated heterocycles. The minimum atomic E-state index is 0.797. The average Bonchev–Trinajstić information content (AvgIpc) is 2.89. The van der Waals surface area contributed by atoms with E-state index in [2.05, 4.69) is 33.2 Å². The number of hydrogen-bond acceptors (Lipinski definition) is 2. The second kappa shape index (κ2) is 11.4. The first-order chi connectivity index (χ1) is 9.36. The maximum atomic E-state index is 4.10. The van der Waals surface area contributed by atoms with Crippen LogP contribution in [0.15, 0.2) is 6.20 Å². The molecule has 1 heterocycles. The number of halogens is 1. The molecule has 1 aromatic rings. The third-order valence-electron chi connectivity index (χ3n) is 3.46. The highest BCUT2D eigenvalue weighted by atomic mass is 79.9. The van der Waals surface area contributed by atoms with E-state index < -0.39 is 0 Å². The van der Waals surface area contributed by atoms with Gasteiger partial charge in [-0.1, -0.05) is 85.9 Å². The molecule has 0 aliphatic carbocycles. The fourth-order valence-corrected chi connectivity index (χ4v) is 2.53. The van der Waals surface area contributed by atoms with Gasteiger partial charge >= 0.3 is 0 Å². The minimum Gasteiger partial charge on any atom is -0.252 e. The molecule has 0 aromatic carbocycles. The molecule has 0 bridgehead atoms. The lowest BCUT2D eigenvalue weighted by Crippen LogP contribution is -1.98. The Hall–Kier alpha value is -0.380. The molecule has 0 radical (unpaired) electrons. The molecule has 0 atom stereocenters. The van der Waals surface area contributed by atoms with Crippen LogP contribution in [0.5, 0.6) is 0 Å². The van der Waals surface area contributed by atoms with E-state index in [1.54, 1.807) is 0 Å². The number of rotatable bonds is 12. The van der Waals surface area contributed by atoms with Crippen molar-refractivity contribution in [3.8, 4) is 0 Å². The van der Waals surface area contributed by atoms with Crippen LogP contribution < -0.4 is 0 Å². The lowest BCUT2D eigenvalue weighted by Gasteiger charge is -2.02. The van der Waals surface area contributed by atoms with Crippen LogP contribution in [-0.2, 0) is 11.9 Å². The van der Waals surface area contributed by atoms with Crippen LogP contribution in [0.1, 0.15) is 76.8 Å². The van der Waals surface area contributed by atoms with E-state index in [0.29, 0.717) is 0 Å². The third kappa shape index (κ3) is 8.40. The number of unbranched alkanes of at least 4 members (excludes halogenated alkanes) is 9. The molecule has 0 N–H and O–H groups in total. The van der Waals surface area contributed by atoms with Crippen LogP contribution in [0.3, 0.4) is 0 Å². The van der Waals surface area contributed by atoms with Crippen molar-refractivity contribution < 1.29 is 0 Å². The molecule has 0 unspecified atom stereocenters. The highest BCUT2D eigenvalue weighted by Crippen LogP contribution is 2.11. The zero-order valence-corrected chi connectivity index (χ0v) is 13.9. The van der Waals surface area contributed by atoms with Gasteiger partial charge in [-0.3, -0.25) is 4.68 Å². The third-order valence-corrected chi connectivity index (χ3v) is 4.04. The van der Waals surface area contributed by atoms with Crippen molar-refractivity contribution in [2.24, 2.45) is 0 Å². The Labute approximate surface area is 126 Å². The molecule has 1 rings (SSSR count). The summed E-state index contributed by atoms with van der Waals surface area (Å²) < 4.78 is 1.96. The first-order valence-electron chi connectivity index (χ1n) is 7.81. The molecule has 0 amide bonds. The first kappa shape index (κ1) is 16.7. The monoisotopic (exact) mass is 329 g/mol. The molecule has 110 valence electrons. The number of alkyl halides is 1. The molecule has 1 aromatic heterocycles. The SMILES string of the molecule is CCCCCCCCCCCCn1cc(CBr)nn1. The maximum absolute atomic E-state index is 4.10. The van der Waals surface area contributed by atoms with Gasteiger partial charge in [0.25, 0.3) is 0 Å². The summed E-state index contributed by atoms with van der Waals surface area (Å²) in [5, 5.41) is 8.96. The Morgan fingerprint density at radius 2 is 1.53 bits per heavy atom. The van der Waals surface area contributed by atoms with Crippen LogP contribution in [0.2, 0.25) is 0 Å². The summed E-state index contributed by atoms with van der Waals surface area (Å²) in [6.45, 7) is 3.28. The van der Waals surface area contributed by atoms with Crippen molar-refractivity contribution in [1.29, 1.82) is 0 Å². The summed E-state index contributed by atoms with van der Waals surface area (Å²) in [5.74, 6) is 0. The van der Waals surface area contributed by atoms with Gasteiger partial charge in [0.2, 0.25) is 0 Å². The van der Waals surface area contributed by atoms with Gasteiger partial charge in [-0.2, -0.15) is 0 Å². The molecular weight excluding hydrogens is 302 g/mol. The average molecular weight is 330 g/mol. The van der Waals surface area contributed by atoms with Gasteiger partial charge in [-0.05, 0) is 6.42 Å². The number of hydrogen-bond donors (Lipinski definition) is 0. The van der Waals surface area contributed by atoms with Gasteiger partial charge in [0, 0.05) is 18.1 Å². The topological polar surface area (TPSA) is 30.7 Å². The normalized spacial score (nSPS) is 11.1. The molecule has 19 heavy (non-hydrogen) atoms. The molecular formula is C15H28BrN3. The molecule has 3 nitrogen and oxygen atoms in total. The largest absolute Gasteiger partial charge is 0.252 e. The number of nitrogens with zero attached hydrogens (tertiary/aromatic N) is 3. The van der Waals surface area contributed by atoms with Crippen molar-refractivity contribution in [3.63, 3.8) is 0 Å². The van der Waals surface area contributed by atoms with Crippen LogP contribution in [-0.4, -0.2) is 15.0 Å². The van der Waals surface area contributed by atoms with Crippen molar-refractivity contribution >= 4 is 15.9 Å². The van der Waals surface area contributed by atoms with Gasteiger partial charge in [0.15, 0.2) is 0 Å². The Balaban J connectivity index is 1.86. The van der Waals surface area contributed by atoms with Crippen LogP contribution >= 0.6 is 15.9 Å². The zero-order chi connectivity index (χ0) is 13.8. The first-order valence-corrected chi connectivity index (χ1v) is 8.94. The van der Waals surface area contributed by atoms with E-state index in [1.165, 1.54) is 64.2 Å². The maximum Gasteiger partial charge on any atom is 0.0932 e. The summed E-state index contributed by atoms with van der Waals surface area (Å²) in [6, 6.07) is 0. The van der Waals surface area contributed by atoms with Crippen LogP contribution in [0.25, 0.3) is 0 Å². The summed E-state index contributed by atoms with van der Waals surface area (Å²) in [4.78, 5) is 0. The molecule has 4 heteroatoms. The fourth-order valence-electron chi connectivity index (χ4n) is 2.27. The van der Waals surface area contributed by atoms with Gasteiger partial charge in [0.05, 0.1) is 5.69 Å². The van der Waals surface area contributed by atoms with Gasteiger partial charge in [0.1, 0.15) is 0 Å². The quantitative estimate of drug-likeness (QED) is 0.394. The van der Waals surface area contributed by atoms with E-state index >= 15 is 0 Å². The highest BCUT2D eigenvalue weighted by Gasteiger charge is 1.98. The van der Waals surface area contributed by atoms with Gasteiger partial charge in [-0.15, -0.1) is 5.10 Å². The van der Waals surface area contributed by atoms with Crippen molar-refractivity contribution in [1.82, 2.24) is 15.0 Å². The van der Waals surface area contributed by atoms with Gasteiger partial charge in [-0.25, -0.2) is 0 Å². The van der Waals surface area contributed by atoms with E-state index in [4.69, 9.17) is 0 Å². The second-order valence-electron chi connectivity index (χ2n) is 5.29. The van der Waals surface area contributed by atoms with Crippen molar-refractivity contribution in [2.45, 2.75) is 83.0 Å². The van der Waals surface area contributed by atoms with E-state index in [9.17, 15) is 0 Å². The lowest BCUT2D eigenvalue weighted by molar-refractivity contribution is 0.507. The minimum absolute atomic E-state index is 0.797. The predicted molar refractivity (Wildman–Crippen MR) is 84.5 cm³/mol. The van der Waals surface area contributed by atoms with Gasteiger partial charge < -0.3 is 0 Å². The second-order valence-corrected chi connectivity index (χ2v) is 5.85. The highest BCUT2D eigenvalue weighted by molar-refractivity contribution is 9.08. The summed E-state index contributed by atoms with van der Waals surface area (Å²) >= 11 is 3.39. The number of aromatic nitrogens is 3. The summed E-state index contributed by atoms with van der Waals surface area (Å²) in [5.41, 5.74) is 1.02. The standard InChI is InChI=1S/C15H28BrN3/c1-2-3-4-5-6-7-8-9-10-11-12-19-14-15(13-16)17-18-19/h14H,2-13H2,1H3. The molecule has 0 aliphatic rings. The lowest BCUT2D eigenvalue weighted by atomic mass is 10.1.